The number of rotatable bonds is 3. The van der Waals surface area contributed by atoms with E-state index in [1.165, 1.54) is 0 Å². The zero-order valence-electron chi connectivity index (χ0n) is 7.03. The van der Waals surface area contributed by atoms with E-state index in [1.807, 2.05) is 0 Å². The van der Waals surface area contributed by atoms with Crippen molar-refractivity contribution in [2.24, 2.45) is 0 Å². The number of halogens is 1. The van der Waals surface area contributed by atoms with Crippen molar-refractivity contribution in [3.8, 4) is 5.75 Å². The minimum absolute atomic E-state index is 0.0972. The van der Waals surface area contributed by atoms with Crippen LogP contribution in [0.5, 0.6) is 5.75 Å². The van der Waals surface area contributed by atoms with E-state index in [2.05, 4.69) is 20.5 Å². The number of phosphoric acid groups is 1. The predicted octanol–water partition coefficient (Wildman–Crippen LogP) is 1.83. The molecule has 0 heterocycles. The molecule has 0 spiro atoms. The fourth-order valence-electron chi connectivity index (χ4n) is 0.805. The number of non-ortho nitro benzene ring substituents is 1. The van der Waals surface area contributed by atoms with Gasteiger partial charge in [0.15, 0.2) is 0 Å². The van der Waals surface area contributed by atoms with E-state index >= 15 is 0 Å². The summed E-state index contributed by atoms with van der Waals surface area (Å²) in [5.74, 6) is -0.158. The van der Waals surface area contributed by atoms with Crippen LogP contribution in [-0.2, 0) is 4.57 Å². The summed E-state index contributed by atoms with van der Waals surface area (Å²) >= 11 is 2.90. The van der Waals surface area contributed by atoms with E-state index in [0.717, 1.165) is 18.2 Å². The quantitative estimate of drug-likeness (QED) is 0.500. The molecule has 0 aliphatic carbocycles. The van der Waals surface area contributed by atoms with Gasteiger partial charge in [-0.05, 0) is 22.0 Å². The second kappa shape index (κ2) is 4.28. The third-order valence-electron chi connectivity index (χ3n) is 1.34. The van der Waals surface area contributed by atoms with Gasteiger partial charge in [-0.1, -0.05) is 0 Å². The predicted molar refractivity (Wildman–Crippen MR) is 53.5 cm³/mol. The Morgan fingerprint density at radius 3 is 2.47 bits per heavy atom. The van der Waals surface area contributed by atoms with Crippen molar-refractivity contribution in [2.75, 3.05) is 0 Å². The van der Waals surface area contributed by atoms with Crippen molar-refractivity contribution in [3.63, 3.8) is 0 Å². The summed E-state index contributed by atoms with van der Waals surface area (Å²) in [7, 11) is -4.65. The van der Waals surface area contributed by atoms with Crippen molar-refractivity contribution >= 4 is 29.4 Å². The highest BCUT2D eigenvalue weighted by atomic mass is 79.9. The SMILES string of the molecule is O=[N+]([O-])c1ccc(OP(=O)(O)O)c(Br)c1. The number of nitro benzene ring substituents is 1. The number of nitro groups is 1. The van der Waals surface area contributed by atoms with Crippen molar-refractivity contribution in [1.29, 1.82) is 0 Å². The van der Waals surface area contributed by atoms with E-state index in [1.54, 1.807) is 0 Å². The lowest BCUT2D eigenvalue weighted by molar-refractivity contribution is -0.384. The molecule has 0 saturated heterocycles. The maximum Gasteiger partial charge on any atom is 0.524 e. The molecule has 0 fully saturated rings. The maximum atomic E-state index is 10.5. The Bertz CT molecular complexity index is 443. The fourth-order valence-corrected chi connectivity index (χ4v) is 1.79. The van der Waals surface area contributed by atoms with E-state index < -0.39 is 12.7 Å². The fraction of sp³-hybridized carbons (Fsp3) is 0. The molecule has 0 aromatic heterocycles. The summed E-state index contributed by atoms with van der Waals surface area (Å²) in [6.07, 6.45) is 0. The van der Waals surface area contributed by atoms with Gasteiger partial charge in [0.2, 0.25) is 0 Å². The Kier molecular flexibility index (Phi) is 3.46. The van der Waals surface area contributed by atoms with Gasteiger partial charge in [-0.2, -0.15) is 0 Å². The second-order valence-corrected chi connectivity index (χ2v) is 4.47. The molecule has 0 aliphatic heterocycles. The first kappa shape index (κ1) is 12.1. The van der Waals surface area contributed by atoms with Gasteiger partial charge in [0, 0.05) is 12.1 Å². The third kappa shape index (κ3) is 3.60. The number of benzene rings is 1. The van der Waals surface area contributed by atoms with Crippen LogP contribution in [0, 0.1) is 10.1 Å². The van der Waals surface area contributed by atoms with Crippen LogP contribution < -0.4 is 4.52 Å². The molecule has 0 amide bonds. The lowest BCUT2D eigenvalue weighted by Crippen LogP contribution is -1.93. The van der Waals surface area contributed by atoms with Crippen LogP contribution in [-0.4, -0.2) is 14.7 Å². The van der Waals surface area contributed by atoms with Crippen LogP contribution in [0.1, 0.15) is 0 Å². The molecule has 0 saturated carbocycles. The minimum Gasteiger partial charge on any atom is -0.403 e. The molecule has 1 rings (SSSR count). The lowest BCUT2D eigenvalue weighted by Gasteiger charge is -2.07. The summed E-state index contributed by atoms with van der Waals surface area (Å²) in [6.45, 7) is 0. The first-order valence-corrected chi connectivity index (χ1v) is 5.81. The monoisotopic (exact) mass is 297 g/mol. The highest BCUT2D eigenvalue weighted by molar-refractivity contribution is 9.10. The standard InChI is InChI=1S/C6H5BrNO6P/c7-5-3-4(8(9)10)1-2-6(5)14-15(11,12)13/h1-3H,(H2,11,12,13). The number of nitrogens with zero attached hydrogens (tertiary/aromatic N) is 1. The number of hydrogen-bond donors (Lipinski definition) is 2. The summed E-state index contributed by atoms with van der Waals surface area (Å²) in [6, 6.07) is 3.27. The van der Waals surface area contributed by atoms with Crippen molar-refractivity contribution in [2.45, 2.75) is 0 Å². The topological polar surface area (TPSA) is 110 Å². The van der Waals surface area contributed by atoms with Gasteiger partial charge < -0.3 is 4.52 Å². The molecule has 9 heteroatoms. The van der Waals surface area contributed by atoms with E-state index in [4.69, 9.17) is 9.79 Å². The molecule has 1 aromatic rings. The average Bonchev–Trinajstić information content (AvgIpc) is 2.05. The average molecular weight is 298 g/mol. The lowest BCUT2D eigenvalue weighted by atomic mass is 10.3. The molecule has 7 nitrogen and oxygen atoms in total. The van der Waals surface area contributed by atoms with Crippen molar-refractivity contribution < 1.29 is 23.8 Å². The van der Waals surface area contributed by atoms with E-state index in [-0.39, 0.29) is 15.9 Å². The summed E-state index contributed by atoms with van der Waals surface area (Å²) in [5.41, 5.74) is -0.208. The van der Waals surface area contributed by atoms with Crippen LogP contribution in [0.2, 0.25) is 0 Å². The van der Waals surface area contributed by atoms with Crippen LogP contribution in [0.15, 0.2) is 22.7 Å². The molecule has 1 aromatic carbocycles. The van der Waals surface area contributed by atoms with Crippen LogP contribution in [0.3, 0.4) is 0 Å². The first-order chi connectivity index (χ1) is 6.79. The zero-order valence-corrected chi connectivity index (χ0v) is 9.51. The molecule has 82 valence electrons. The van der Waals surface area contributed by atoms with Crippen LogP contribution >= 0.6 is 23.8 Å². The Morgan fingerprint density at radius 2 is 2.07 bits per heavy atom. The molecular formula is C6H5BrNO6P. The normalized spacial score (nSPS) is 11.1. The number of phosphoric ester groups is 1. The maximum absolute atomic E-state index is 10.5. The van der Waals surface area contributed by atoms with E-state index in [9.17, 15) is 14.7 Å². The second-order valence-electron chi connectivity index (χ2n) is 2.45. The highest BCUT2D eigenvalue weighted by Gasteiger charge is 2.19. The molecule has 0 bridgehead atoms. The van der Waals surface area contributed by atoms with Gasteiger partial charge in [-0.25, -0.2) is 4.57 Å². The van der Waals surface area contributed by atoms with E-state index in [0.29, 0.717) is 0 Å². The molecular weight excluding hydrogens is 293 g/mol. The summed E-state index contributed by atoms with van der Waals surface area (Å²) in [4.78, 5) is 26.7. The Labute approximate surface area is 92.2 Å². The Balaban J connectivity index is 3.04. The summed E-state index contributed by atoms with van der Waals surface area (Å²) in [5, 5.41) is 10.3. The molecule has 0 aliphatic rings. The van der Waals surface area contributed by atoms with Gasteiger partial charge in [-0.15, -0.1) is 0 Å². The third-order valence-corrected chi connectivity index (χ3v) is 2.40. The smallest absolute Gasteiger partial charge is 0.403 e. The molecule has 0 atom stereocenters. The number of hydrogen-bond acceptors (Lipinski definition) is 4. The van der Waals surface area contributed by atoms with Crippen LogP contribution in [0.4, 0.5) is 5.69 Å². The highest BCUT2D eigenvalue weighted by Crippen LogP contribution is 2.41. The minimum atomic E-state index is -4.65. The molecule has 0 unspecified atom stereocenters. The van der Waals surface area contributed by atoms with Crippen molar-refractivity contribution in [3.05, 3.63) is 32.8 Å². The first-order valence-electron chi connectivity index (χ1n) is 3.49. The van der Waals surface area contributed by atoms with Gasteiger partial charge in [0.05, 0.1) is 9.40 Å². The largest absolute Gasteiger partial charge is 0.524 e. The van der Waals surface area contributed by atoms with Crippen LogP contribution in [0.25, 0.3) is 0 Å². The molecule has 2 N–H and O–H groups in total. The van der Waals surface area contributed by atoms with Gasteiger partial charge in [0.25, 0.3) is 5.69 Å². The van der Waals surface area contributed by atoms with Gasteiger partial charge in [0.1, 0.15) is 5.75 Å². The molecule has 15 heavy (non-hydrogen) atoms. The van der Waals surface area contributed by atoms with Gasteiger partial charge in [-0.3, -0.25) is 19.9 Å². The van der Waals surface area contributed by atoms with Crippen molar-refractivity contribution in [1.82, 2.24) is 0 Å². The molecule has 0 radical (unpaired) electrons. The zero-order chi connectivity index (χ0) is 11.6. The Hall–Kier alpha value is -0.950. The summed E-state index contributed by atoms with van der Waals surface area (Å²) < 4.78 is 14.9. The Morgan fingerprint density at radius 1 is 1.47 bits per heavy atom. The van der Waals surface area contributed by atoms with Gasteiger partial charge >= 0.3 is 7.82 Å².